The van der Waals surface area contributed by atoms with Crippen molar-refractivity contribution in [3.05, 3.63) is 29.8 Å². The average Bonchev–Trinajstić information content (AvgIpc) is 2.79. The molecule has 6 heteroatoms. The van der Waals surface area contributed by atoms with Crippen LogP contribution in [0.5, 0.6) is 0 Å². The molecule has 0 radical (unpaired) electrons. The number of hydrogen-bond acceptors (Lipinski definition) is 5. The lowest BCUT2D eigenvalue weighted by atomic mass is 9.79. The van der Waals surface area contributed by atoms with Crippen molar-refractivity contribution in [1.29, 1.82) is 0 Å². The van der Waals surface area contributed by atoms with E-state index in [9.17, 15) is 13.2 Å². The second kappa shape index (κ2) is 10.5. The molecule has 1 aromatic carbocycles. The summed E-state index contributed by atoms with van der Waals surface area (Å²) in [5.74, 6) is 0.788. The molecule has 0 amide bonds. The quantitative estimate of drug-likeness (QED) is 0.514. The molecule has 2 aliphatic rings. The van der Waals surface area contributed by atoms with Crippen LogP contribution in [-0.4, -0.2) is 50.0 Å². The Labute approximate surface area is 201 Å². The fourth-order valence-electron chi connectivity index (χ4n) is 5.12. The fourth-order valence-corrected chi connectivity index (χ4v) is 6.58. The van der Waals surface area contributed by atoms with Gasteiger partial charge in [-0.25, -0.2) is 8.42 Å². The van der Waals surface area contributed by atoms with Crippen molar-refractivity contribution in [3.63, 3.8) is 0 Å². The minimum Gasteiger partial charge on any atom is -0.371 e. The van der Waals surface area contributed by atoms with Crippen molar-refractivity contribution in [3.8, 4) is 0 Å². The number of anilines is 1. The number of benzene rings is 1. The zero-order valence-electron chi connectivity index (χ0n) is 21.2. The summed E-state index contributed by atoms with van der Waals surface area (Å²) in [6.45, 7) is 12.3. The third kappa shape index (κ3) is 6.39. The Morgan fingerprint density at radius 3 is 2.21 bits per heavy atom. The summed E-state index contributed by atoms with van der Waals surface area (Å²) >= 11 is 0. The predicted molar refractivity (Wildman–Crippen MR) is 136 cm³/mol. The first-order valence-electron chi connectivity index (χ1n) is 12.7. The molecule has 2 fully saturated rings. The van der Waals surface area contributed by atoms with Crippen LogP contribution in [0.25, 0.3) is 0 Å². The van der Waals surface area contributed by atoms with Gasteiger partial charge in [-0.05, 0) is 82.9 Å². The van der Waals surface area contributed by atoms with Crippen LogP contribution in [0.15, 0.2) is 24.3 Å². The zero-order chi connectivity index (χ0) is 24.3. The van der Waals surface area contributed by atoms with Crippen molar-refractivity contribution in [1.82, 2.24) is 0 Å². The maximum absolute atomic E-state index is 12.9. The molecule has 1 aliphatic heterocycles. The lowest BCUT2D eigenvalue weighted by Gasteiger charge is -2.43. The van der Waals surface area contributed by atoms with Crippen LogP contribution < -0.4 is 4.90 Å². The highest BCUT2D eigenvalue weighted by Crippen LogP contribution is 2.33. The molecule has 3 rings (SSSR count). The van der Waals surface area contributed by atoms with Crippen LogP contribution in [0.1, 0.15) is 78.7 Å². The second-order valence-corrected chi connectivity index (χ2v) is 13.9. The summed E-state index contributed by atoms with van der Waals surface area (Å²) in [5.41, 5.74) is 2.20. The van der Waals surface area contributed by atoms with E-state index in [4.69, 9.17) is 4.74 Å². The molecule has 0 spiro atoms. The number of ketones is 1. The van der Waals surface area contributed by atoms with Gasteiger partial charge in [-0.15, -0.1) is 0 Å². The van der Waals surface area contributed by atoms with Gasteiger partial charge >= 0.3 is 0 Å². The maximum atomic E-state index is 12.9. The van der Waals surface area contributed by atoms with E-state index in [2.05, 4.69) is 43.0 Å². The van der Waals surface area contributed by atoms with Crippen LogP contribution in [0.2, 0.25) is 0 Å². The summed E-state index contributed by atoms with van der Waals surface area (Å²) in [7, 11) is -3.10. The first kappa shape index (κ1) is 26.2. The molecular formula is C27H43NO4S. The lowest BCUT2D eigenvalue weighted by molar-refractivity contribution is -0.123. The van der Waals surface area contributed by atoms with Gasteiger partial charge in [-0.3, -0.25) is 4.79 Å². The number of ether oxygens (including phenoxy) is 1. The third-order valence-electron chi connectivity index (χ3n) is 7.91. The molecule has 186 valence electrons. The van der Waals surface area contributed by atoms with Gasteiger partial charge in [0.05, 0.1) is 22.7 Å². The fraction of sp³-hybridized carbons (Fsp3) is 0.741. The Hall–Kier alpha value is -1.40. The number of carbonyl (C=O) groups is 1. The molecule has 5 nitrogen and oxygen atoms in total. The van der Waals surface area contributed by atoms with Crippen LogP contribution in [0.4, 0.5) is 5.69 Å². The molecule has 0 atom stereocenters. The normalized spacial score (nSPS) is 24.0. The first-order valence-corrected chi connectivity index (χ1v) is 14.4. The average molecular weight is 478 g/mol. The molecule has 33 heavy (non-hydrogen) atoms. The van der Waals surface area contributed by atoms with Crippen LogP contribution in [0, 0.1) is 11.8 Å². The van der Waals surface area contributed by atoms with E-state index in [1.807, 2.05) is 0 Å². The van der Waals surface area contributed by atoms with Crippen molar-refractivity contribution in [2.75, 3.05) is 30.3 Å². The lowest BCUT2D eigenvalue weighted by Crippen LogP contribution is -2.51. The highest BCUT2D eigenvalue weighted by atomic mass is 32.2. The van der Waals surface area contributed by atoms with E-state index in [0.29, 0.717) is 12.2 Å². The highest BCUT2D eigenvalue weighted by Gasteiger charge is 2.35. The molecule has 0 unspecified atom stereocenters. The maximum Gasteiger partial charge on any atom is 0.155 e. The molecule has 0 aromatic heterocycles. The Balaban J connectivity index is 1.51. The third-order valence-corrected chi connectivity index (χ3v) is 10.7. The topological polar surface area (TPSA) is 63.7 Å². The molecule has 1 aromatic rings. The van der Waals surface area contributed by atoms with Gasteiger partial charge in [0.2, 0.25) is 0 Å². The van der Waals surface area contributed by atoms with Crippen molar-refractivity contribution in [2.24, 2.45) is 11.8 Å². The number of nitrogens with zero attached hydrogens (tertiary/aromatic N) is 1. The van der Waals surface area contributed by atoms with E-state index in [1.54, 1.807) is 20.8 Å². The predicted octanol–water partition coefficient (Wildman–Crippen LogP) is 5.21. The van der Waals surface area contributed by atoms with E-state index in [-0.39, 0.29) is 23.2 Å². The van der Waals surface area contributed by atoms with Crippen molar-refractivity contribution in [2.45, 2.75) is 89.9 Å². The molecule has 1 saturated carbocycles. The molecule has 1 aliphatic carbocycles. The number of Topliss-reactive ketones (excluding diaryl/α,β-unsaturated/α-hetero) is 1. The van der Waals surface area contributed by atoms with E-state index in [0.717, 1.165) is 63.8 Å². The highest BCUT2D eigenvalue weighted by molar-refractivity contribution is 7.92. The van der Waals surface area contributed by atoms with Crippen molar-refractivity contribution < 1.29 is 17.9 Å². The van der Waals surface area contributed by atoms with E-state index < -0.39 is 14.6 Å². The number of carbonyl (C=O) groups excluding carboxylic acids is 1. The smallest absolute Gasteiger partial charge is 0.155 e. The number of hydrogen-bond donors (Lipinski definition) is 0. The van der Waals surface area contributed by atoms with Gasteiger partial charge in [-0.2, -0.15) is 0 Å². The number of morpholine rings is 1. The second-order valence-electron chi connectivity index (χ2n) is 11.1. The first-order chi connectivity index (χ1) is 15.5. The minimum atomic E-state index is -3.10. The summed E-state index contributed by atoms with van der Waals surface area (Å²) < 4.78 is 30.4. The minimum absolute atomic E-state index is 0.0576. The van der Waals surface area contributed by atoms with Crippen LogP contribution in [0.3, 0.4) is 0 Å². The summed E-state index contributed by atoms with van der Waals surface area (Å²) in [6.07, 6.45) is 5.77. The standard InChI is InChI=1S/C27H43NO4S/c1-6-27(7-2)20-28(16-17-32-27)24-14-10-21(11-15-24)18-25(29)23-12-8-22(9-13-23)19-33(30,31)26(3,4)5/h10-11,14-15,22-23H,6-9,12-13,16-20H2,1-5H3. The van der Waals surface area contributed by atoms with Crippen LogP contribution >= 0.6 is 0 Å². The zero-order valence-corrected chi connectivity index (χ0v) is 22.0. The van der Waals surface area contributed by atoms with E-state index >= 15 is 0 Å². The number of rotatable bonds is 8. The Morgan fingerprint density at radius 1 is 1.06 bits per heavy atom. The molecule has 1 saturated heterocycles. The molecular weight excluding hydrogens is 434 g/mol. The van der Waals surface area contributed by atoms with E-state index in [1.165, 1.54) is 5.69 Å². The molecule has 0 bridgehead atoms. The van der Waals surface area contributed by atoms with Gasteiger partial charge in [0.25, 0.3) is 0 Å². The summed E-state index contributed by atoms with van der Waals surface area (Å²) in [5, 5.41) is 0. The summed E-state index contributed by atoms with van der Waals surface area (Å²) in [4.78, 5) is 15.3. The monoisotopic (exact) mass is 477 g/mol. The molecule has 1 heterocycles. The van der Waals surface area contributed by atoms with Gasteiger partial charge in [0.15, 0.2) is 9.84 Å². The van der Waals surface area contributed by atoms with Gasteiger partial charge in [0.1, 0.15) is 5.78 Å². The van der Waals surface area contributed by atoms with Crippen molar-refractivity contribution >= 4 is 21.3 Å². The molecule has 0 N–H and O–H groups in total. The Bertz CT molecular complexity index is 889. The largest absolute Gasteiger partial charge is 0.371 e. The SMILES string of the molecule is CCC1(CC)CN(c2ccc(CC(=O)C3CCC(CS(=O)(=O)C(C)(C)C)CC3)cc2)CCO1. The number of sulfone groups is 1. The van der Waals surface area contributed by atoms with Gasteiger partial charge < -0.3 is 9.64 Å². The summed E-state index contributed by atoms with van der Waals surface area (Å²) in [6, 6.07) is 8.45. The Kier molecular flexibility index (Phi) is 8.32. The Morgan fingerprint density at radius 2 is 1.67 bits per heavy atom. The van der Waals surface area contributed by atoms with Crippen LogP contribution in [-0.2, 0) is 25.8 Å². The van der Waals surface area contributed by atoms with Gasteiger partial charge in [0, 0.05) is 31.1 Å². The van der Waals surface area contributed by atoms with Gasteiger partial charge in [-0.1, -0.05) is 26.0 Å².